The number of fused-ring (bicyclic) bond motifs is 18. The molecular formula is C124H78N8. The van der Waals surface area contributed by atoms with Crippen LogP contribution in [0.15, 0.2) is 473 Å². The van der Waals surface area contributed by atoms with Crippen molar-refractivity contribution in [1.82, 2.24) is 37.4 Å². The van der Waals surface area contributed by atoms with E-state index in [1.165, 1.54) is 81.8 Å². The second-order valence-corrected chi connectivity index (χ2v) is 34.8. The van der Waals surface area contributed by atoms with Crippen molar-refractivity contribution < 1.29 is 0 Å². The van der Waals surface area contributed by atoms with E-state index in [4.69, 9.17) is 9.97 Å². The van der Waals surface area contributed by atoms with E-state index < -0.39 is 0 Å². The summed E-state index contributed by atoms with van der Waals surface area (Å²) in [5.74, 6) is 0.576. The van der Waals surface area contributed by atoms with Crippen LogP contribution in [0.25, 0.3) is 254 Å². The van der Waals surface area contributed by atoms with E-state index in [0.717, 1.165) is 167 Å². The minimum Gasteiger partial charge on any atom is -0.309 e. The number of hydrogen-bond acceptors (Lipinski definition) is 2. The smallest absolute Gasteiger partial charge is 0.235 e. The van der Waals surface area contributed by atoms with Gasteiger partial charge in [0.05, 0.1) is 77.6 Å². The van der Waals surface area contributed by atoms with Crippen LogP contribution >= 0.6 is 0 Å². The zero-order valence-corrected chi connectivity index (χ0v) is 71.6. The minimum absolute atomic E-state index is 0.576. The van der Waals surface area contributed by atoms with Gasteiger partial charge in [-0.1, -0.05) is 273 Å². The zero-order chi connectivity index (χ0) is 86.6. The second kappa shape index (κ2) is 30.0. The molecule has 132 heavy (non-hydrogen) atoms. The van der Waals surface area contributed by atoms with Crippen molar-refractivity contribution in [2.75, 3.05) is 0 Å². The Kier molecular flexibility index (Phi) is 16.9. The third-order valence-corrected chi connectivity index (χ3v) is 27.4. The van der Waals surface area contributed by atoms with Crippen LogP contribution in [0.2, 0.25) is 0 Å². The summed E-state index contributed by atoms with van der Waals surface area (Å²) in [5, 5.41) is 14.2. The molecule has 0 fully saturated rings. The maximum Gasteiger partial charge on any atom is 0.235 e. The molecule has 0 saturated heterocycles. The third kappa shape index (κ3) is 12.0. The fourth-order valence-electron chi connectivity index (χ4n) is 21.3. The Balaban J connectivity index is 0.591. The van der Waals surface area contributed by atoms with E-state index >= 15 is 0 Å². The molecule has 20 aromatic carbocycles. The summed E-state index contributed by atoms with van der Waals surface area (Å²) in [5.41, 5.74) is 36.4. The molecular weight excluding hydrogens is 1600 g/mol. The summed E-state index contributed by atoms with van der Waals surface area (Å²) in [7, 11) is 0. The molecule has 7 aromatic heterocycles. The molecule has 0 spiro atoms. The Bertz CT molecular complexity index is 9360. The van der Waals surface area contributed by atoms with Crippen LogP contribution in [-0.2, 0) is 0 Å². The van der Waals surface area contributed by atoms with Crippen LogP contribution in [0.5, 0.6) is 0 Å². The lowest BCUT2D eigenvalue weighted by Gasteiger charge is -2.14. The van der Waals surface area contributed by atoms with E-state index in [0.29, 0.717) is 5.95 Å². The molecule has 27 rings (SSSR count). The first-order valence-corrected chi connectivity index (χ1v) is 45.2. The molecule has 7 heterocycles. The van der Waals surface area contributed by atoms with Crippen molar-refractivity contribution in [3.05, 3.63) is 473 Å². The quantitative estimate of drug-likeness (QED) is 0.109. The number of rotatable bonds is 14. The first-order chi connectivity index (χ1) is 65.4. The van der Waals surface area contributed by atoms with Crippen LogP contribution in [0.1, 0.15) is 0 Å². The van der Waals surface area contributed by atoms with Gasteiger partial charge in [0.25, 0.3) is 0 Å². The SMILES string of the molecule is c1ccc(-c2ccc3c(c2)c2cc(-c4ccc5c(c4)c4cc(-c6ccc7c(c6)c6ccccc6n7-c6ccccc6)ccc4n5-c4ccccc4)ccc2n3-c2cccc(-c3cc(-c4ccccc4)nc(-n4c5ccc(-c6ccccc6)cc5c5cc(-c6ccc7c(c6)c6cc(-c8ccc9c(c8)c8ccccc8n9-c8ccccc8)ccc6n7-c6ccccc6)ccc54)n3)c2)cc1. The van der Waals surface area contributed by atoms with Crippen molar-refractivity contribution >= 4 is 131 Å². The minimum atomic E-state index is 0.576. The van der Waals surface area contributed by atoms with Gasteiger partial charge in [0.15, 0.2) is 0 Å². The standard InChI is InChI=1S/C124H78N8/c1-8-27-79(28-9-1)82-47-57-120-102(68-82)107-76-90(88-53-62-118-105(74-88)103-72-86(51-60-116(103)129(118)95-38-18-6-19-39-95)84-49-58-114-100(70-84)98-43-22-24-45-112(98)127(114)93-34-14-4-15-35-93)55-64-121(107)131(120)97-42-26-33-92(67-97)111-78-110(81-31-12-3-13-32-81)125-124(126-111)132-122-65-48-83(80-29-10-2-11-30-80)69-108(122)109-77-91(56-66-123(109)132)89-54-63-119-106(75-89)104-73-87(52-61-117(104)130(119)96-40-20-7-21-41-96)85-50-59-115-101(71-85)99-44-23-25-46-113(99)128(115)94-36-16-5-17-37-94/h1-78H. The van der Waals surface area contributed by atoms with Gasteiger partial charge in [0.2, 0.25) is 5.95 Å². The van der Waals surface area contributed by atoms with Crippen LogP contribution in [-0.4, -0.2) is 37.4 Å². The van der Waals surface area contributed by atoms with Gasteiger partial charge in [-0.3, -0.25) is 4.57 Å². The molecule has 0 saturated carbocycles. The maximum atomic E-state index is 5.78. The molecule has 0 aliphatic heterocycles. The average molecular weight is 1680 g/mol. The molecule has 614 valence electrons. The molecule has 8 nitrogen and oxygen atoms in total. The molecule has 0 aliphatic carbocycles. The van der Waals surface area contributed by atoms with Gasteiger partial charge in [-0.15, -0.1) is 0 Å². The maximum absolute atomic E-state index is 5.78. The Morgan fingerprint density at radius 2 is 0.311 bits per heavy atom. The largest absolute Gasteiger partial charge is 0.309 e. The fraction of sp³-hybridized carbons (Fsp3) is 0. The highest BCUT2D eigenvalue weighted by Gasteiger charge is 2.26. The van der Waals surface area contributed by atoms with Gasteiger partial charge in [0.1, 0.15) is 0 Å². The first kappa shape index (κ1) is 74.5. The molecule has 0 radical (unpaired) electrons. The van der Waals surface area contributed by atoms with Crippen molar-refractivity contribution in [3.63, 3.8) is 0 Å². The summed E-state index contributed by atoms with van der Waals surface area (Å²) in [6, 6.07) is 174. The molecule has 27 aromatic rings. The highest BCUT2D eigenvalue weighted by molar-refractivity contribution is 6.18. The Hall–Kier alpha value is -17.7. The summed E-state index contributed by atoms with van der Waals surface area (Å²) >= 11 is 0. The van der Waals surface area contributed by atoms with Crippen molar-refractivity contribution in [1.29, 1.82) is 0 Å². The Morgan fingerprint density at radius 3 is 0.598 bits per heavy atom. The average Bonchev–Trinajstić information content (AvgIpc) is 1.59. The molecule has 0 unspecified atom stereocenters. The van der Waals surface area contributed by atoms with Crippen molar-refractivity contribution in [2.24, 2.45) is 0 Å². The number of aromatic nitrogens is 8. The summed E-state index contributed by atoms with van der Waals surface area (Å²) < 4.78 is 14.4. The van der Waals surface area contributed by atoms with E-state index in [9.17, 15) is 0 Å². The summed E-state index contributed by atoms with van der Waals surface area (Å²) in [6.07, 6.45) is 0. The van der Waals surface area contributed by atoms with Crippen LogP contribution in [0.3, 0.4) is 0 Å². The predicted molar refractivity (Wildman–Crippen MR) is 552 cm³/mol. The van der Waals surface area contributed by atoms with Gasteiger partial charge < -0.3 is 22.8 Å². The number of para-hydroxylation sites is 6. The number of nitrogens with zero attached hydrogens (tertiary/aromatic N) is 8. The highest BCUT2D eigenvalue weighted by Crippen LogP contribution is 2.47. The normalized spacial score (nSPS) is 11.9. The number of benzene rings is 20. The van der Waals surface area contributed by atoms with Crippen molar-refractivity contribution in [3.8, 4) is 124 Å². The van der Waals surface area contributed by atoms with E-state index in [1.807, 2.05) is 0 Å². The van der Waals surface area contributed by atoms with Crippen LogP contribution in [0, 0.1) is 0 Å². The molecule has 0 atom stereocenters. The third-order valence-electron chi connectivity index (χ3n) is 27.4. The Labute approximate surface area is 759 Å². The lowest BCUT2D eigenvalue weighted by atomic mass is 9.98. The highest BCUT2D eigenvalue weighted by atomic mass is 15.2. The lowest BCUT2D eigenvalue weighted by molar-refractivity contribution is 0.995. The monoisotopic (exact) mass is 1680 g/mol. The molecule has 0 N–H and O–H groups in total. The van der Waals surface area contributed by atoms with Crippen molar-refractivity contribution in [2.45, 2.75) is 0 Å². The van der Waals surface area contributed by atoms with E-state index in [2.05, 4.69) is 501 Å². The lowest BCUT2D eigenvalue weighted by Crippen LogP contribution is -2.04. The van der Waals surface area contributed by atoms with Gasteiger partial charge in [-0.2, -0.15) is 0 Å². The van der Waals surface area contributed by atoms with Gasteiger partial charge in [-0.05, 0) is 267 Å². The zero-order valence-electron chi connectivity index (χ0n) is 71.6. The topological polar surface area (TPSA) is 55.4 Å². The summed E-state index contributed by atoms with van der Waals surface area (Å²) in [4.78, 5) is 11.4. The van der Waals surface area contributed by atoms with E-state index in [-0.39, 0.29) is 0 Å². The molecule has 0 amide bonds. The summed E-state index contributed by atoms with van der Waals surface area (Å²) in [6.45, 7) is 0. The van der Waals surface area contributed by atoms with Gasteiger partial charge in [0, 0.05) is 104 Å². The fourth-order valence-corrected chi connectivity index (χ4v) is 21.3. The Morgan fingerprint density at radius 1 is 0.114 bits per heavy atom. The second-order valence-electron chi connectivity index (χ2n) is 34.8. The predicted octanol–water partition coefficient (Wildman–Crippen LogP) is 32.4. The molecule has 0 bridgehead atoms. The molecule has 8 heteroatoms. The van der Waals surface area contributed by atoms with Crippen LogP contribution in [0.4, 0.5) is 0 Å². The first-order valence-electron chi connectivity index (χ1n) is 45.2. The van der Waals surface area contributed by atoms with E-state index in [1.54, 1.807) is 0 Å². The van der Waals surface area contributed by atoms with Gasteiger partial charge in [-0.25, -0.2) is 9.97 Å². The molecule has 0 aliphatic rings. The number of hydrogen-bond donors (Lipinski definition) is 0. The van der Waals surface area contributed by atoms with Gasteiger partial charge >= 0.3 is 0 Å². The van der Waals surface area contributed by atoms with Crippen LogP contribution < -0.4 is 0 Å².